The Morgan fingerprint density at radius 3 is 2.80 bits per heavy atom. The number of hydrogen-bond acceptors (Lipinski definition) is 5. The fraction of sp³-hybridized carbons (Fsp3) is 0.385. The molecule has 6 nitrogen and oxygen atoms in total. The Balaban J connectivity index is 1.85. The van der Waals surface area contributed by atoms with Gasteiger partial charge in [-0.2, -0.15) is 11.8 Å². The van der Waals surface area contributed by atoms with E-state index in [9.17, 15) is 9.59 Å². The maximum atomic E-state index is 12.2. The number of carbonyl (C=O) groups excluding carboxylic acids is 1. The van der Waals surface area contributed by atoms with Gasteiger partial charge >= 0.3 is 0 Å². The third kappa shape index (κ3) is 2.53. The van der Waals surface area contributed by atoms with Gasteiger partial charge in [0.1, 0.15) is 12.1 Å². The molecule has 1 aliphatic rings. The first-order chi connectivity index (χ1) is 9.75. The van der Waals surface area contributed by atoms with E-state index in [4.69, 9.17) is 0 Å². The van der Waals surface area contributed by atoms with Gasteiger partial charge in [-0.05, 0) is 12.1 Å². The lowest BCUT2D eigenvalue weighted by molar-refractivity contribution is -0.131. The van der Waals surface area contributed by atoms with Gasteiger partial charge in [-0.15, -0.1) is 5.10 Å². The Bertz CT molecular complexity index is 694. The molecule has 20 heavy (non-hydrogen) atoms. The fourth-order valence-corrected chi connectivity index (χ4v) is 3.07. The van der Waals surface area contributed by atoms with Crippen molar-refractivity contribution in [2.75, 3.05) is 24.6 Å². The summed E-state index contributed by atoms with van der Waals surface area (Å²) < 4.78 is 1.15. The second-order valence-electron chi connectivity index (χ2n) is 4.56. The van der Waals surface area contributed by atoms with Crippen LogP contribution in [0.4, 0.5) is 0 Å². The summed E-state index contributed by atoms with van der Waals surface area (Å²) in [4.78, 5) is 26.2. The zero-order chi connectivity index (χ0) is 13.9. The van der Waals surface area contributed by atoms with Crippen molar-refractivity contribution in [1.82, 2.24) is 19.9 Å². The van der Waals surface area contributed by atoms with Crippen molar-refractivity contribution in [2.24, 2.45) is 0 Å². The van der Waals surface area contributed by atoms with Gasteiger partial charge in [-0.25, -0.2) is 4.68 Å². The van der Waals surface area contributed by atoms with Crippen LogP contribution in [0.1, 0.15) is 0 Å². The average Bonchev–Trinajstić information content (AvgIpc) is 2.51. The lowest BCUT2D eigenvalue weighted by Crippen LogP contribution is -2.42. The highest BCUT2D eigenvalue weighted by Gasteiger charge is 2.18. The number of aromatic nitrogens is 3. The number of amides is 1. The molecule has 1 amide bonds. The molecule has 0 bridgehead atoms. The molecule has 1 aliphatic heterocycles. The van der Waals surface area contributed by atoms with E-state index >= 15 is 0 Å². The van der Waals surface area contributed by atoms with Gasteiger partial charge in [0.25, 0.3) is 5.56 Å². The summed E-state index contributed by atoms with van der Waals surface area (Å²) >= 11 is 1.84. The molecule has 0 atom stereocenters. The highest BCUT2D eigenvalue weighted by Crippen LogP contribution is 2.09. The Morgan fingerprint density at radius 2 is 2.00 bits per heavy atom. The maximum Gasteiger partial charge on any atom is 0.278 e. The number of benzene rings is 1. The Hall–Kier alpha value is -1.89. The Kier molecular flexibility index (Phi) is 3.68. The number of fused-ring (bicyclic) bond motifs is 1. The predicted molar refractivity (Wildman–Crippen MR) is 77.7 cm³/mol. The summed E-state index contributed by atoms with van der Waals surface area (Å²) in [5, 5.41) is 8.31. The summed E-state index contributed by atoms with van der Waals surface area (Å²) in [5.41, 5.74) is 0.283. The number of rotatable bonds is 2. The standard InChI is InChI=1S/C13H14N4O2S/c18-12(16-5-7-20-8-6-16)9-17-13(19)10-3-1-2-4-11(10)14-15-17/h1-4H,5-9H2. The topological polar surface area (TPSA) is 68.1 Å². The van der Waals surface area contributed by atoms with Gasteiger partial charge in [0.15, 0.2) is 0 Å². The molecule has 1 aromatic heterocycles. The van der Waals surface area contributed by atoms with E-state index in [2.05, 4.69) is 10.3 Å². The van der Waals surface area contributed by atoms with Crippen molar-refractivity contribution in [1.29, 1.82) is 0 Å². The molecule has 1 saturated heterocycles. The number of thioether (sulfide) groups is 1. The quantitative estimate of drug-likeness (QED) is 0.799. The highest BCUT2D eigenvalue weighted by molar-refractivity contribution is 7.99. The summed E-state index contributed by atoms with van der Waals surface area (Å²) in [6, 6.07) is 7.01. The third-order valence-corrected chi connectivity index (χ3v) is 4.22. The molecular weight excluding hydrogens is 276 g/mol. The first-order valence-electron chi connectivity index (χ1n) is 6.44. The second-order valence-corrected chi connectivity index (χ2v) is 5.79. The van der Waals surface area contributed by atoms with Gasteiger partial charge in [0.05, 0.1) is 5.39 Å². The van der Waals surface area contributed by atoms with Gasteiger partial charge in [-0.3, -0.25) is 9.59 Å². The minimum Gasteiger partial charge on any atom is -0.339 e. The van der Waals surface area contributed by atoms with E-state index in [1.54, 1.807) is 29.2 Å². The zero-order valence-electron chi connectivity index (χ0n) is 10.9. The molecule has 0 aliphatic carbocycles. The fourth-order valence-electron chi connectivity index (χ4n) is 2.17. The van der Waals surface area contributed by atoms with Crippen LogP contribution in [0.3, 0.4) is 0 Å². The molecule has 2 aromatic rings. The molecule has 0 radical (unpaired) electrons. The first kappa shape index (κ1) is 13.1. The van der Waals surface area contributed by atoms with Crippen LogP contribution < -0.4 is 5.56 Å². The van der Waals surface area contributed by atoms with Crippen LogP contribution in [0.25, 0.3) is 10.9 Å². The first-order valence-corrected chi connectivity index (χ1v) is 7.59. The van der Waals surface area contributed by atoms with E-state index in [0.29, 0.717) is 10.9 Å². The average molecular weight is 290 g/mol. The minimum absolute atomic E-state index is 0.0403. The molecule has 0 saturated carbocycles. The van der Waals surface area contributed by atoms with Crippen molar-refractivity contribution >= 4 is 28.6 Å². The van der Waals surface area contributed by atoms with E-state index in [-0.39, 0.29) is 18.0 Å². The molecule has 0 N–H and O–H groups in total. The molecular formula is C13H14N4O2S. The molecule has 3 rings (SSSR count). The number of carbonyl (C=O) groups is 1. The molecule has 7 heteroatoms. The van der Waals surface area contributed by atoms with Crippen molar-refractivity contribution in [3.8, 4) is 0 Å². The van der Waals surface area contributed by atoms with Crippen LogP contribution in [0.5, 0.6) is 0 Å². The van der Waals surface area contributed by atoms with E-state index in [0.717, 1.165) is 29.3 Å². The highest BCUT2D eigenvalue weighted by atomic mass is 32.2. The van der Waals surface area contributed by atoms with Crippen LogP contribution in [0.15, 0.2) is 29.1 Å². The zero-order valence-corrected chi connectivity index (χ0v) is 11.7. The van der Waals surface area contributed by atoms with Gasteiger partial charge < -0.3 is 4.90 Å². The summed E-state index contributed by atoms with van der Waals surface area (Å²) in [5.74, 6) is 1.82. The largest absolute Gasteiger partial charge is 0.339 e. The lowest BCUT2D eigenvalue weighted by atomic mass is 10.2. The molecule has 1 aromatic carbocycles. The smallest absolute Gasteiger partial charge is 0.278 e. The van der Waals surface area contributed by atoms with Gasteiger partial charge in [0, 0.05) is 24.6 Å². The third-order valence-electron chi connectivity index (χ3n) is 3.28. The summed E-state index contributed by atoms with van der Waals surface area (Å²) in [7, 11) is 0. The number of hydrogen-bond donors (Lipinski definition) is 0. The Morgan fingerprint density at radius 1 is 1.25 bits per heavy atom. The van der Waals surface area contributed by atoms with E-state index in [1.807, 2.05) is 11.8 Å². The normalized spacial score (nSPS) is 15.5. The van der Waals surface area contributed by atoms with Crippen molar-refractivity contribution in [2.45, 2.75) is 6.54 Å². The molecule has 2 heterocycles. The van der Waals surface area contributed by atoms with Crippen LogP contribution >= 0.6 is 11.8 Å². The van der Waals surface area contributed by atoms with E-state index < -0.39 is 0 Å². The monoisotopic (exact) mass is 290 g/mol. The minimum atomic E-state index is -0.268. The summed E-state index contributed by atoms with van der Waals surface area (Å²) in [6.45, 7) is 1.43. The Labute approximate surface area is 119 Å². The van der Waals surface area contributed by atoms with Crippen LogP contribution in [0, 0.1) is 0 Å². The molecule has 0 spiro atoms. The molecule has 1 fully saturated rings. The SMILES string of the molecule is O=C(Cn1nnc2ccccc2c1=O)N1CCSCC1. The van der Waals surface area contributed by atoms with Crippen molar-refractivity contribution in [3.05, 3.63) is 34.6 Å². The maximum absolute atomic E-state index is 12.2. The molecule has 0 unspecified atom stereocenters. The van der Waals surface area contributed by atoms with Crippen LogP contribution in [-0.2, 0) is 11.3 Å². The van der Waals surface area contributed by atoms with Crippen molar-refractivity contribution < 1.29 is 4.79 Å². The predicted octanol–water partition coefficient (Wildman–Crippen LogP) is 0.367. The molecule has 104 valence electrons. The van der Waals surface area contributed by atoms with E-state index in [1.165, 1.54) is 0 Å². The summed E-state index contributed by atoms with van der Waals surface area (Å²) in [6.07, 6.45) is 0. The van der Waals surface area contributed by atoms with Gasteiger partial charge in [-0.1, -0.05) is 17.3 Å². The van der Waals surface area contributed by atoms with Gasteiger partial charge in [0.2, 0.25) is 5.91 Å². The second kappa shape index (κ2) is 5.62. The lowest BCUT2D eigenvalue weighted by Gasteiger charge is -2.26. The van der Waals surface area contributed by atoms with Crippen LogP contribution in [0.2, 0.25) is 0 Å². The van der Waals surface area contributed by atoms with Crippen LogP contribution in [-0.4, -0.2) is 50.4 Å². The van der Waals surface area contributed by atoms with Crippen molar-refractivity contribution in [3.63, 3.8) is 0 Å². The number of nitrogens with zero attached hydrogens (tertiary/aromatic N) is 4.